The summed E-state index contributed by atoms with van der Waals surface area (Å²) in [6, 6.07) is 10.8. The van der Waals surface area contributed by atoms with Crippen LogP contribution in [0.2, 0.25) is 5.15 Å². The van der Waals surface area contributed by atoms with Crippen LogP contribution in [0.3, 0.4) is 0 Å². The summed E-state index contributed by atoms with van der Waals surface area (Å²) in [5.41, 5.74) is 3.59. The van der Waals surface area contributed by atoms with Gasteiger partial charge in [0.15, 0.2) is 0 Å². The van der Waals surface area contributed by atoms with Crippen molar-refractivity contribution in [1.82, 2.24) is 9.88 Å². The number of hydrogen-bond acceptors (Lipinski definition) is 2. The van der Waals surface area contributed by atoms with Crippen molar-refractivity contribution in [2.75, 3.05) is 19.6 Å². The first-order valence-corrected chi connectivity index (χ1v) is 10.4. The Morgan fingerprint density at radius 2 is 1.74 bits per heavy atom. The lowest BCUT2D eigenvalue weighted by Gasteiger charge is -2.30. The van der Waals surface area contributed by atoms with Crippen molar-refractivity contribution in [2.24, 2.45) is 5.92 Å². The predicted octanol–water partition coefficient (Wildman–Crippen LogP) is 6.10. The van der Waals surface area contributed by atoms with E-state index in [1.54, 1.807) is 12.1 Å². The largest absolute Gasteiger partial charge is 0.303 e. The maximum absolute atomic E-state index is 12.7. The number of benzene rings is 1. The molecule has 2 nitrogen and oxygen atoms in total. The molecule has 2 aromatic rings. The van der Waals surface area contributed by atoms with Gasteiger partial charge in [0, 0.05) is 12.2 Å². The Morgan fingerprint density at radius 1 is 1.07 bits per heavy atom. The molecule has 27 heavy (non-hydrogen) atoms. The number of aryl methyl sites for hydroxylation is 2. The molecule has 1 saturated heterocycles. The van der Waals surface area contributed by atoms with Crippen molar-refractivity contribution >= 4 is 11.6 Å². The topological polar surface area (TPSA) is 16.1 Å². The lowest BCUT2D eigenvalue weighted by molar-refractivity contribution is 0.194. The van der Waals surface area contributed by atoms with Gasteiger partial charge in [0.25, 0.3) is 0 Å². The van der Waals surface area contributed by atoms with Crippen molar-refractivity contribution in [3.63, 3.8) is 0 Å². The van der Waals surface area contributed by atoms with Crippen LogP contribution in [0.1, 0.15) is 49.9 Å². The van der Waals surface area contributed by atoms with E-state index in [2.05, 4.69) is 23.7 Å². The molecule has 4 heteroatoms. The lowest BCUT2D eigenvalue weighted by atomic mass is 9.99. The van der Waals surface area contributed by atoms with E-state index in [4.69, 9.17) is 11.6 Å². The molecule has 0 atom stereocenters. The van der Waals surface area contributed by atoms with Crippen LogP contribution in [-0.4, -0.2) is 29.5 Å². The van der Waals surface area contributed by atoms with Gasteiger partial charge in [-0.05, 0) is 80.9 Å². The number of rotatable bonds is 5. The van der Waals surface area contributed by atoms with Crippen LogP contribution in [0.5, 0.6) is 0 Å². The SMILES string of the molecule is CC1CCN(CCc2ccc(F)cc2)CC1.CCCc1ccc(Cl)nc1C. The Hall–Kier alpha value is -1.45. The Morgan fingerprint density at radius 3 is 2.33 bits per heavy atom. The standard InChI is InChI=1S/C14H20FN.C9H12ClN/c1-12-6-9-16(10-7-12)11-8-13-2-4-14(15)5-3-13;1-3-4-8-5-6-9(10)11-7(8)2/h2-5,12H,6-11H2,1H3;5-6H,3-4H2,1-2H3. The molecule has 0 saturated carbocycles. The van der Waals surface area contributed by atoms with E-state index in [9.17, 15) is 4.39 Å². The maximum Gasteiger partial charge on any atom is 0.129 e. The predicted molar refractivity (Wildman–Crippen MR) is 113 cm³/mol. The van der Waals surface area contributed by atoms with E-state index in [1.807, 2.05) is 31.2 Å². The molecule has 148 valence electrons. The highest BCUT2D eigenvalue weighted by Gasteiger charge is 2.14. The molecule has 0 bridgehead atoms. The highest BCUT2D eigenvalue weighted by molar-refractivity contribution is 6.29. The fourth-order valence-corrected chi connectivity index (χ4v) is 3.51. The lowest BCUT2D eigenvalue weighted by Crippen LogP contribution is -2.34. The van der Waals surface area contributed by atoms with E-state index in [1.165, 1.54) is 37.1 Å². The fourth-order valence-electron chi connectivity index (χ4n) is 3.32. The number of nitrogens with zero attached hydrogens (tertiary/aromatic N) is 2. The number of piperidine rings is 1. The molecule has 1 aromatic heterocycles. The smallest absolute Gasteiger partial charge is 0.129 e. The zero-order valence-corrected chi connectivity index (χ0v) is 17.6. The summed E-state index contributed by atoms with van der Waals surface area (Å²) in [4.78, 5) is 6.67. The molecular weight excluding hydrogens is 359 g/mol. The molecule has 1 aliphatic rings. The molecule has 0 radical (unpaired) electrons. The Bertz CT molecular complexity index is 679. The van der Waals surface area contributed by atoms with Gasteiger partial charge in [-0.2, -0.15) is 0 Å². The molecule has 0 spiro atoms. The van der Waals surface area contributed by atoms with Gasteiger partial charge in [-0.3, -0.25) is 0 Å². The van der Waals surface area contributed by atoms with Crippen molar-refractivity contribution in [3.8, 4) is 0 Å². The highest BCUT2D eigenvalue weighted by Crippen LogP contribution is 2.16. The number of likely N-dealkylation sites (tertiary alicyclic amines) is 1. The van der Waals surface area contributed by atoms with Gasteiger partial charge in [-0.25, -0.2) is 9.37 Å². The van der Waals surface area contributed by atoms with Gasteiger partial charge in [-0.1, -0.05) is 50.1 Å². The van der Waals surface area contributed by atoms with Crippen LogP contribution >= 0.6 is 11.6 Å². The molecule has 1 aliphatic heterocycles. The molecular formula is C23H32ClFN2. The number of aromatic nitrogens is 1. The molecule has 0 aliphatic carbocycles. The van der Waals surface area contributed by atoms with Crippen molar-refractivity contribution in [3.05, 3.63) is 64.2 Å². The average Bonchev–Trinajstić information content (AvgIpc) is 2.66. The van der Waals surface area contributed by atoms with Gasteiger partial charge >= 0.3 is 0 Å². The molecule has 0 amide bonds. The van der Waals surface area contributed by atoms with Crippen LogP contribution in [-0.2, 0) is 12.8 Å². The van der Waals surface area contributed by atoms with Crippen LogP contribution in [0.15, 0.2) is 36.4 Å². The first kappa shape index (κ1) is 21.8. The zero-order valence-electron chi connectivity index (χ0n) is 16.8. The normalized spacial score (nSPS) is 15.3. The van der Waals surface area contributed by atoms with Crippen LogP contribution in [0, 0.1) is 18.7 Å². The second-order valence-electron chi connectivity index (χ2n) is 7.53. The first-order chi connectivity index (χ1) is 13.0. The second-order valence-corrected chi connectivity index (χ2v) is 7.92. The Balaban J connectivity index is 0.000000208. The van der Waals surface area contributed by atoms with Crippen molar-refractivity contribution < 1.29 is 4.39 Å². The van der Waals surface area contributed by atoms with Crippen molar-refractivity contribution in [2.45, 2.75) is 52.9 Å². The summed E-state index contributed by atoms with van der Waals surface area (Å²) in [5.74, 6) is 0.748. The van der Waals surface area contributed by atoms with Gasteiger partial charge in [-0.15, -0.1) is 0 Å². The fraction of sp³-hybridized carbons (Fsp3) is 0.522. The summed E-state index contributed by atoms with van der Waals surface area (Å²) in [6.45, 7) is 10.0. The third-order valence-corrected chi connectivity index (χ3v) is 5.40. The zero-order chi connectivity index (χ0) is 19.6. The van der Waals surface area contributed by atoms with E-state index >= 15 is 0 Å². The van der Waals surface area contributed by atoms with E-state index in [0.29, 0.717) is 5.15 Å². The summed E-state index contributed by atoms with van der Waals surface area (Å²) >= 11 is 5.71. The molecule has 0 unspecified atom stereocenters. The number of hydrogen-bond donors (Lipinski definition) is 0. The minimum Gasteiger partial charge on any atom is -0.303 e. The summed E-state index contributed by atoms with van der Waals surface area (Å²) in [6.07, 6.45) is 5.93. The second kappa shape index (κ2) is 11.4. The molecule has 0 N–H and O–H groups in total. The van der Waals surface area contributed by atoms with Crippen molar-refractivity contribution in [1.29, 1.82) is 0 Å². The minimum absolute atomic E-state index is 0.143. The monoisotopic (exact) mass is 390 g/mol. The molecule has 3 rings (SSSR count). The average molecular weight is 391 g/mol. The van der Waals surface area contributed by atoms with Crippen LogP contribution < -0.4 is 0 Å². The summed E-state index contributed by atoms with van der Waals surface area (Å²) in [7, 11) is 0. The third-order valence-electron chi connectivity index (χ3n) is 5.19. The van der Waals surface area contributed by atoms with E-state index < -0.39 is 0 Å². The Labute approximate surface area is 168 Å². The van der Waals surface area contributed by atoms with E-state index in [-0.39, 0.29) is 5.82 Å². The Kier molecular flexibility index (Phi) is 9.23. The maximum atomic E-state index is 12.7. The number of halogens is 2. The van der Waals surface area contributed by atoms with Gasteiger partial charge in [0.2, 0.25) is 0 Å². The summed E-state index contributed by atoms with van der Waals surface area (Å²) < 4.78 is 12.7. The summed E-state index contributed by atoms with van der Waals surface area (Å²) in [5, 5.41) is 0.586. The third kappa shape index (κ3) is 7.98. The van der Waals surface area contributed by atoms with Gasteiger partial charge < -0.3 is 4.90 Å². The molecule has 2 heterocycles. The number of pyridine rings is 1. The van der Waals surface area contributed by atoms with Gasteiger partial charge in [0.1, 0.15) is 11.0 Å². The van der Waals surface area contributed by atoms with Gasteiger partial charge in [0.05, 0.1) is 0 Å². The van der Waals surface area contributed by atoms with Crippen LogP contribution in [0.4, 0.5) is 4.39 Å². The minimum atomic E-state index is -0.143. The molecule has 1 aromatic carbocycles. The van der Waals surface area contributed by atoms with Crippen LogP contribution in [0.25, 0.3) is 0 Å². The quantitative estimate of drug-likeness (QED) is 0.573. The van der Waals surface area contributed by atoms with E-state index in [0.717, 1.165) is 37.4 Å². The first-order valence-electron chi connectivity index (χ1n) is 10.1. The molecule has 1 fully saturated rings. The highest BCUT2D eigenvalue weighted by atomic mass is 35.5.